The van der Waals surface area contributed by atoms with E-state index in [1.807, 2.05) is 31.2 Å². The number of hydrogen-bond donors (Lipinski definition) is 0. The van der Waals surface area contributed by atoms with Crippen LogP contribution < -0.4 is 9.47 Å². The number of fused-ring (bicyclic) bond motifs is 1. The molecule has 0 aromatic heterocycles. The average Bonchev–Trinajstić information content (AvgIpc) is 2.93. The Kier molecular flexibility index (Phi) is 5.65. The van der Waals surface area contributed by atoms with Crippen LogP contribution in [0.4, 0.5) is 4.79 Å². The number of rotatable bonds is 3. The fourth-order valence-electron chi connectivity index (χ4n) is 3.21. The largest absolute Gasteiger partial charge is 0.490 e. The van der Waals surface area contributed by atoms with Crippen LogP contribution in [0.25, 0.3) is 6.08 Å². The number of benzene rings is 1. The van der Waals surface area contributed by atoms with Crippen molar-refractivity contribution in [2.45, 2.75) is 13.3 Å². The molecule has 0 radical (unpaired) electrons. The maximum atomic E-state index is 12.9. The standard InChI is InChI=1S/C19H24N2O5/c1-3-25-16-7-4-6-14-12-15(13-26-17(14)16)18(22)20-8-5-9-21(11-10-20)19(23)24-2/h4,6-7,12H,3,5,8-11,13H2,1-2H3. The van der Waals surface area contributed by atoms with Crippen molar-refractivity contribution in [3.05, 3.63) is 29.3 Å². The van der Waals surface area contributed by atoms with Gasteiger partial charge in [-0.15, -0.1) is 0 Å². The molecule has 2 amide bonds. The summed E-state index contributed by atoms with van der Waals surface area (Å²) < 4.78 is 16.2. The Morgan fingerprint density at radius 1 is 1.15 bits per heavy atom. The van der Waals surface area contributed by atoms with Crippen LogP contribution in [0.1, 0.15) is 18.9 Å². The van der Waals surface area contributed by atoms with Gasteiger partial charge in [-0.2, -0.15) is 0 Å². The second-order valence-corrected chi connectivity index (χ2v) is 6.17. The molecule has 1 fully saturated rings. The van der Waals surface area contributed by atoms with Gasteiger partial charge < -0.3 is 24.0 Å². The smallest absolute Gasteiger partial charge is 0.409 e. The number of para-hydroxylation sites is 1. The summed E-state index contributed by atoms with van der Waals surface area (Å²) in [6.07, 6.45) is 2.24. The molecule has 140 valence electrons. The molecule has 0 atom stereocenters. The summed E-state index contributed by atoms with van der Waals surface area (Å²) in [5, 5.41) is 0. The van der Waals surface area contributed by atoms with E-state index in [1.54, 1.807) is 9.80 Å². The summed E-state index contributed by atoms with van der Waals surface area (Å²) in [6, 6.07) is 5.65. The summed E-state index contributed by atoms with van der Waals surface area (Å²) in [5.74, 6) is 1.32. The zero-order chi connectivity index (χ0) is 18.5. The van der Waals surface area contributed by atoms with E-state index in [2.05, 4.69) is 0 Å². The highest BCUT2D eigenvalue weighted by Gasteiger charge is 2.27. The molecule has 0 N–H and O–H groups in total. The van der Waals surface area contributed by atoms with Gasteiger partial charge in [0.15, 0.2) is 11.5 Å². The normalized spacial score (nSPS) is 16.8. The highest BCUT2D eigenvalue weighted by molar-refractivity contribution is 5.99. The Morgan fingerprint density at radius 3 is 2.69 bits per heavy atom. The Hall–Kier alpha value is -2.70. The quantitative estimate of drug-likeness (QED) is 0.826. The second-order valence-electron chi connectivity index (χ2n) is 6.17. The minimum atomic E-state index is -0.350. The molecule has 0 unspecified atom stereocenters. The third-order valence-electron chi connectivity index (χ3n) is 4.50. The van der Waals surface area contributed by atoms with Crippen LogP contribution in [0, 0.1) is 0 Å². The zero-order valence-corrected chi connectivity index (χ0v) is 15.2. The monoisotopic (exact) mass is 360 g/mol. The van der Waals surface area contributed by atoms with Crippen molar-refractivity contribution >= 4 is 18.1 Å². The van der Waals surface area contributed by atoms with Crippen molar-refractivity contribution in [3.63, 3.8) is 0 Å². The molecule has 0 aliphatic carbocycles. The van der Waals surface area contributed by atoms with Crippen LogP contribution >= 0.6 is 0 Å². The molecule has 0 saturated carbocycles. The van der Waals surface area contributed by atoms with E-state index < -0.39 is 0 Å². The highest BCUT2D eigenvalue weighted by Crippen LogP contribution is 2.36. The Bertz CT molecular complexity index is 716. The number of carbonyl (C=O) groups is 2. The first-order chi connectivity index (χ1) is 12.6. The fraction of sp³-hybridized carbons (Fsp3) is 0.474. The van der Waals surface area contributed by atoms with Crippen molar-refractivity contribution in [1.82, 2.24) is 9.80 Å². The van der Waals surface area contributed by atoms with Crippen molar-refractivity contribution in [2.75, 3.05) is 46.5 Å². The van der Waals surface area contributed by atoms with Crippen molar-refractivity contribution in [1.29, 1.82) is 0 Å². The predicted octanol–water partition coefficient (Wildman–Crippen LogP) is 2.16. The summed E-state index contributed by atoms with van der Waals surface area (Å²) >= 11 is 0. The topological polar surface area (TPSA) is 68.3 Å². The van der Waals surface area contributed by atoms with Gasteiger partial charge in [0.25, 0.3) is 5.91 Å². The molecule has 1 aromatic carbocycles. The van der Waals surface area contributed by atoms with Crippen molar-refractivity contribution < 1.29 is 23.8 Å². The molecule has 0 bridgehead atoms. The lowest BCUT2D eigenvalue weighted by Gasteiger charge is -2.25. The van der Waals surface area contributed by atoms with Crippen LogP contribution in [0.5, 0.6) is 11.5 Å². The molecular weight excluding hydrogens is 336 g/mol. The maximum absolute atomic E-state index is 12.9. The van der Waals surface area contributed by atoms with Crippen LogP contribution in [0.2, 0.25) is 0 Å². The Morgan fingerprint density at radius 2 is 1.92 bits per heavy atom. The lowest BCUT2D eigenvalue weighted by molar-refractivity contribution is -0.127. The van der Waals surface area contributed by atoms with Gasteiger partial charge in [0.2, 0.25) is 0 Å². The maximum Gasteiger partial charge on any atom is 0.409 e. The molecule has 2 heterocycles. The van der Waals surface area contributed by atoms with Gasteiger partial charge in [0.1, 0.15) is 6.61 Å². The van der Waals surface area contributed by atoms with E-state index in [4.69, 9.17) is 14.2 Å². The molecule has 1 saturated heterocycles. The third kappa shape index (κ3) is 3.76. The van der Waals surface area contributed by atoms with Crippen LogP contribution in [0.3, 0.4) is 0 Å². The van der Waals surface area contributed by atoms with E-state index in [1.165, 1.54) is 7.11 Å². The van der Waals surface area contributed by atoms with Crippen LogP contribution in [-0.2, 0) is 9.53 Å². The molecule has 2 aliphatic heterocycles. The number of methoxy groups -OCH3 is 1. The van der Waals surface area contributed by atoms with Crippen molar-refractivity contribution in [3.8, 4) is 11.5 Å². The molecule has 1 aromatic rings. The predicted molar refractivity (Wildman–Crippen MR) is 96.3 cm³/mol. The molecule has 7 nitrogen and oxygen atoms in total. The van der Waals surface area contributed by atoms with E-state index in [9.17, 15) is 9.59 Å². The summed E-state index contributed by atoms with van der Waals surface area (Å²) in [6.45, 7) is 4.84. The van der Waals surface area contributed by atoms with Crippen molar-refractivity contribution in [2.24, 2.45) is 0 Å². The van der Waals surface area contributed by atoms with E-state index >= 15 is 0 Å². The number of nitrogens with zero attached hydrogens (tertiary/aromatic N) is 2. The lowest BCUT2D eigenvalue weighted by Crippen LogP contribution is -2.38. The van der Waals surface area contributed by atoms with Gasteiger partial charge in [-0.1, -0.05) is 12.1 Å². The number of ether oxygens (including phenoxy) is 3. The van der Waals surface area contributed by atoms with Gasteiger partial charge in [0, 0.05) is 31.7 Å². The zero-order valence-electron chi connectivity index (χ0n) is 15.2. The Balaban J connectivity index is 1.72. The summed E-state index contributed by atoms with van der Waals surface area (Å²) in [5.41, 5.74) is 1.45. The highest BCUT2D eigenvalue weighted by atomic mass is 16.5. The first-order valence-electron chi connectivity index (χ1n) is 8.85. The van der Waals surface area contributed by atoms with Crippen LogP contribution in [0.15, 0.2) is 23.8 Å². The molecule has 7 heteroatoms. The third-order valence-corrected chi connectivity index (χ3v) is 4.50. The lowest BCUT2D eigenvalue weighted by atomic mass is 10.1. The van der Waals surface area contributed by atoms with Gasteiger partial charge in [-0.05, 0) is 25.5 Å². The van der Waals surface area contributed by atoms with E-state index in [0.717, 1.165) is 12.0 Å². The summed E-state index contributed by atoms with van der Waals surface area (Å²) in [7, 11) is 1.37. The average molecular weight is 360 g/mol. The molecule has 0 spiro atoms. The first-order valence-corrected chi connectivity index (χ1v) is 8.85. The van der Waals surface area contributed by atoms with E-state index in [0.29, 0.717) is 49.9 Å². The first kappa shape index (κ1) is 18.1. The SMILES string of the molecule is CCOc1cccc2c1OCC(C(=O)N1CCCN(C(=O)OC)CC1)=C2. The number of carbonyl (C=O) groups excluding carboxylic acids is 2. The molecular formula is C19H24N2O5. The molecule has 26 heavy (non-hydrogen) atoms. The number of hydrogen-bond acceptors (Lipinski definition) is 5. The van der Waals surface area contributed by atoms with E-state index in [-0.39, 0.29) is 18.6 Å². The van der Waals surface area contributed by atoms with Gasteiger partial charge in [-0.3, -0.25) is 4.79 Å². The minimum Gasteiger partial charge on any atom is -0.490 e. The second kappa shape index (κ2) is 8.12. The van der Waals surface area contributed by atoms with Gasteiger partial charge in [0.05, 0.1) is 19.3 Å². The Labute approximate surface area is 153 Å². The summed E-state index contributed by atoms with van der Waals surface area (Å²) in [4.78, 5) is 28.0. The number of amides is 2. The minimum absolute atomic E-state index is 0.0517. The van der Waals surface area contributed by atoms with Crippen LogP contribution in [-0.4, -0.2) is 68.3 Å². The van der Waals surface area contributed by atoms with Gasteiger partial charge >= 0.3 is 6.09 Å². The van der Waals surface area contributed by atoms with Gasteiger partial charge in [-0.25, -0.2) is 4.79 Å². The molecule has 2 aliphatic rings. The molecule has 3 rings (SSSR count). The fourth-order valence-corrected chi connectivity index (χ4v) is 3.21.